The van der Waals surface area contributed by atoms with E-state index in [0.717, 1.165) is 5.52 Å². The van der Waals surface area contributed by atoms with Gasteiger partial charge in [0, 0.05) is 40.5 Å². The molecule has 1 fully saturated rings. The lowest BCUT2D eigenvalue weighted by atomic mass is 9.94. The second kappa shape index (κ2) is 8.61. The van der Waals surface area contributed by atoms with Crippen molar-refractivity contribution in [3.8, 4) is 0 Å². The number of hydrogen-bond acceptors (Lipinski definition) is 4. The second-order valence-corrected chi connectivity index (χ2v) is 7.74. The van der Waals surface area contributed by atoms with E-state index in [1.165, 1.54) is 0 Å². The van der Waals surface area contributed by atoms with Gasteiger partial charge in [-0.25, -0.2) is 0 Å². The van der Waals surface area contributed by atoms with Gasteiger partial charge in [-0.3, -0.25) is 19.3 Å². The van der Waals surface area contributed by atoms with Gasteiger partial charge in [-0.05, 0) is 49.7 Å². The van der Waals surface area contributed by atoms with Crippen molar-refractivity contribution in [1.29, 1.82) is 0 Å². The molecule has 0 unspecified atom stereocenters. The Bertz CT molecular complexity index is 1120. The number of fused-ring (bicyclic) bond motifs is 1. The Morgan fingerprint density at radius 2 is 1.87 bits per heavy atom. The number of likely N-dealkylation sites (tertiary alicyclic amines) is 1. The van der Waals surface area contributed by atoms with Gasteiger partial charge in [-0.1, -0.05) is 18.2 Å². The Labute approximate surface area is 178 Å². The highest BCUT2D eigenvalue weighted by Crippen LogP contribution is 2.33. The summed E-state index contributed by atoms with van der Waals surface area (Å²) < 4.78 is 0. The standard InChI is InChI=1S/C23H23N3O5/c27-21(14-5-2-1-3-6-14)25-16-8-9-19-17(11-16)18(12-24-19)20(23(30)31)26-10-4-7-15(13-26)22(28)29/h1-3,5-6,8-9,11-12,15,20,24H,4,7,10,13H2,(H,25,27)(H,28,29)(H,30,31)/t15-,20-/m0/s1. The number of aliphatic carboxylic acids is 2. The smallest absolute Gasteiger partial charge is 0.325 e. The van der Waals surface area contributed by atoms with E-state index in [1.54, 1.807) is 53.6 Å². The summed E-state index contributed by atoms with van der Waals surface area (Å²) in [6, 6.07) is 13.1. The topological polar surface area (TPSA) is 123 Å². The lowest BCUT2D eigenvalue weighted by Gasteiger charge is -2.34. The summed E-state index contributed by atoms with van der Waals surface area (Å²) in [6.07, 6.45) is 2.82. The SMILES string of the molecule is O=C(Nc1ccc2[nH]cc([C@@H](C(=O)O)N3CCC[C@H](C(=O)O)C3)c2c1)c1ccccc1. The van der Waals surface area contributed by atoms with E-state index >= 15 is 0 Å². The molecule has 0 saturated carbocycles. The van der Waals surface area contributed by atoms with Crippen LogP contribution < -0.4 is 5.32 Å². The van der Waals surface area contributed by atoms with Crippen molar-refractivity contribution in [3.63, 3.8) is 0 Å². The number of nitrogens with zero attached hydrogens (tertiary/aromatic N) is 1. The molecule has 4 N–H and O–H groups in total. The minimum atomic E-state index is -1.04. The summed E-state index contributed by atoms with van der Waals surface area (Å²) in [7, 11) is 0. The molecule has 0 radical (unpaired) electrons. The van der Waals surface area contributed by atoms with Crippen molar-refractivity contribution in [2.24, 2.45) is 5.92 Å². The summed E-state index contributed by atoms with van der Waals surface area (Å²) in [5, 5.41) is 22.9. The molecule has 2 heterocycles. The Morgan fingerprint density at radius 1 is 1.10 bits per heavy atom. The number of H-pyrrole nitrogens is 1. The average molecular weight is 421 g/mol. The Balaban J connectivity index is 1.64. The number of carboxylic acids is 2. The molecule has 0 aliphatic carbocycles. The van der Waals surface area contributed by atoms with Crippen LogP contribution >= 0.6 is 0 Å². The number of amides is 1. The van der Waals surface area contributed by atoms with E-state index in [2.05, 4.69) is 10.3 Å². The third-order valence-electron chi connectivity index (χ3n) is 5.70. The van der Waals surface area contributed by atoms with Gasteiger partial charge in [0.15, 0.2) is 0 Å². The number of carbonyl (C=O) groups is 3. The number of piperidine rings is 1. The van der Waals surface area contributed by atoms with Gasteiger partial charge >= 0.3 is 11.9 Å². The average Bonchev–Trinajstić information content (AvgIpc) is 3.17. The van der Waals surface area contributed by atoms with Crippen LogP contribution in [0.25, 0.3) is 10.9 Å². The molecule has 0 bridgehead atoms. The molecule has 4 rings (SSSR count). The molecular formula is C23H23N3O5. The first-order chi connectivity index (χ1) is 14.9. The maximum Gasteiger partial charge on any atom is 0.325 e. The third kappa shape index (κ3) is 4.29. The maximum atomic E-state index is 12.5. The number of aromatic amines is 1. The Kier molecular flexibility index (Phi) is 5.73. The predicted octanol–water partition coefficient (Wildman–Crippen LogP) is 3.34. The molecule has 1 amide bonds. The lowest BCUT2D eigenvalue weighted by molar-refractivity contribution is -0.149. The van der Waals surface area contributed by atoms with E-state index in [0.29, 0.717) is 41.6 Å². The van der Waals surface area contributed by atoms with E-state index in [4.69, 9.17) is 0 Å². The predicted molar refractivity (Wildman–Crippen MR) is 115 cm³/mol. The van der Waals surface area contributed by atoms with Crippen LogP contribution in [0.4, 0.5) is 5.69 Å². The Morgan fingerprint density at radius 3 is 2.58 bits per heavy atom. The first kappa shape index (κ1) is 20.6. The number of hydrogen-bond donors (Lipinski definition) is 4. The number of rotatable bonds is 6. The van der Waals surface area contributed by atoms with Crippen molar-refractivity contribution in [1.82, 2.24) is 9.88 Å². The fourth-order valence-electron chi connectivity index (χ4n) is 4.17. The summed E-state index contributed by atoms with van der Waals surface area (Å²) >= 11 is 0. The van der Waals surface area contributed by atoms with Crippen LogP contribution in [0.15, 0.2) is 54.7 Å². The molecule has 2 atom stereocenters. The van der Waals surface area contributed by atoms with Crippen molar-refractivity contribution in [3.05, 3.63) is 65.9 Å². The number of aromatic nitrogens is 1. The monoisotopic (exact) mass is 421 g/mol. The molecule has 31 heavy (non-hydrogen) atoms. The summed E-state index contributed by atoms with van der Waals surface area (Å²) in [5.41, 5.74) is 2.36. The molecule has 1 aliphatic heterocycles. The van der Waals surface area contributed by atoms with Gasteiger partial charge in [0.1, 0.15) is 6.04 Å². The van der Waals surface area contributed by atoms with Crippen LogP contribution in [0, 0.1) is 5.92 Å². The van der Waals surface area contributed by atoms with Gasteiger partial charge < -0.3 is 20.5 Å². The summed E-state index contributed by atoms with van der Waals surface area (Å²) in [4.78, 5) is 40.9. The second-order valence-electron chi connectivity index (χ2n) is 7.74. The highest BCUT2D eigenvalue weighted by atomic mass is 16.4. The summed E-state index contributed by atoms with van der Waals surface area (Å²) in [5.74, 6) is -2.78. The first-order valence-corrected chi connectivity index (χ1v) is 10.1. The first-order valence-electron chi connectivity index (χ1n) is 10.1. The fourth-order valence-corrected chi connectivity index (χ4v) is 4.17. The molecule has 1 saturated heterocycles. The Hall–Kier alpha value is -3.65. The van der Waals surface area contributed by atoms with E-state index in [-0.39, 0.29) is 12.5 Å². The van der Waals surface area contributed by atoms with E-state index in [9.17, 15) is 24.6 Å². The zero-order valence-electron chi connectivity index (χ0n) is 16.7. The maximum absolute atomic E-state index is 12.5. The van der Waals surface area contributed by atoms with Crippen molar-refractivity contribution >= 4 is 34.4 Å². The van der Waals surface area contributed by atoms with Crippen LogP contribution in [0.2, 0.25) is 0 Å². The molecule has 1 aliphatic rings. The quantitative estimate of drug-likeness (QED) is 0.484. The molecule has 8 nitrogen and oxygen atoms in total. The van der Waals surface area contributed by atoms with Gasteiger partial charge in [-0.15, -0.1) is 0 Å². The largest absolute Gasteiger partial charge is 0.481 e. The van der Waals surface area contributed by atoms with E-state index in [1.807, 2.05) is 6.07 Å². The molecule has 1 aromatic heterocycles. The highest BCUT2D eigenvalue weighted by molar-refractivity contribution is 6.05. The fraction of sp³-hybridized carbons (Fsp3) is 0.261. The van der Waals surface area contributed by atoms with Crippen molar-refractivity contribution < 1.29 is 24.6 Å². The number of nitrogens with one attached hydrogen (secondary N) is 2. The molecule has 3 aromatic rings. The van der Waals surface area contributed by atoms with Gasteiger partial charge in [0.2, 0.25) is 0 Å². The van der Waals surface area contributed by atoms with Gasteiger partial charge in [-0.2, -0.15) is 0 Å². The van der Waals surface area contributed by atoms with Crippen molar-refractivity contribution in [2.75, 3.05) is 18.4 Å². The number of anilines is 1. The minimum Gasteiger partial charge on any atom is -0.481 e. The minimum absolute atomic E-state index is 0.184. The molecule has 0 spiro atoms. The van der Waals surface area contributed by atoms with Crippen LogP contribution in [-0.4, -0.2) is 51.0 Å². The van der Waals surface area contributed by atoms with Gasteiger partial charge in [0.25, 0.3) is 5.91 Å². The number of carbonyl (C=O) groups excluding carboxylic acids is 1. The van der Waals surface area contributed by atoms with Crippen LogP contribution in [0.3, 0.4) is 0 Å². The van der Waals surface area contributed by atoms with Crippen LogP contribution in [0.1, 0.15) is 34.8 Å². The normalized spacial score (nSPS) is 17.9. The highest BCUT2D eigenvalue weighted by Gasteiger charge is 2.35. The molecule has 2 aromatic carbocycles. The number of benzene rings is 2. The van der Waals surface area contributed by atoms with Crippen LogP contribution in [0.5, 0.6) is 0 Å². The molecule has 8 heteroatoms. The lowest BCUT2D eigenvalue weighted by Crippen LogP contribution is -2.43. The van der Waals surface area contributed by atoms with Gasteiger partial charge in [0.05, 0.1) is 5.92 Å². The zero-order chi connectivity index (χ0) is 22.0. The molecular weight excluding hydrogens is 398 g/mol. The number of carboxylic acid groups (broad SMARTS) is 2. The van der Waals surface area contributed by atoms with Crippen LogP contribution in [-0.2, 0) is 9.59 Å². The zero-order valence-corrected chi connectivity index (χ0v) is 16.7. The summed E-state index contributed by atoms with van der Waals surface area (Å²) in [6.45, 7) is 0.696. The molecule has 160 valence electrons. The van der Waals surface area contributed by atoms with Crippen molar-refractivity contribution in [2.45, 2.75) is 18.9 Å². The van der Waals surface area contributed by atoms with E-state index < -0.39 is 23.9 Å². The third-order valence-corrected chi connectivity index (χ3v) is 5.70.